The number of benzene rings is 1. The van der Waals surface area contributed by atoms with Crippen molar-refractivity contribution >= 4 is 22.9 Å². The number of fused-ring (bicyclic) bond motifs is 1. The second-order valence-corrected chi connectivity index (χ2v) is 6.92. The van der Waals surface area contributed by atoms with E-state index in [1.807, 2.05) is 12.1 Å². The molecule has 0 radical (unpaired) electrons. The van der Waals surface area contributed by atoms with Crippen LogP contribution in [0.1, 0.15) is 41.4 Å². The van der Waals surface area contributed by atoms with Crippen molar-refractivity contribution in [2.24, 2.45) is 0 Å². The van der Waals surface area contributed by atoms with Crippen molar-refractivity contribution in [3.8, 4) is 5.75 Å². The lowest BCUT2D eigenvalue weighted by Gasteiger charge is -2.21. The maximum atomic E-state index is 6.12. The first-order valence-electron chi connectivity index (χ1n) is 6.86. The van der Waals surface area contributed by atoms with Gasteiger partial charge in [0.25, 0.3) is 0 Å². The molecule has 106 valence electrons. The number of thiophene rings is 1. The zero-order valence-corrected chi connectivity index (χ0v) is 13.2. The van der Waals surface area contributed by atoms with Gasteiger partial charge in [0.15, 0.2) is 0 Å². The van der Waals surface area contributed by atoms with Crippen LogP contribution >= 0.6 is 22.9 Å². The zero-order valence-electron chi connectivity index (χ0n) is 11.7. The van der Waals surface area contributed by atoms with Gasteiger partial charge in [-0.15, -0.1) is 11.3 Å². The van der Waals surface area contributed by atoms with E-state index in [0.717, 1.165) is 22.9 Å². The summed E-state index contributed by atoms with van der Waals surface area (Å²) in [6, 6.07) is 10.9. The molecule has 3 rings (SSSR count). The van der Waals surface area contributed by atoms with Gasteiger partial charge in [0.05, 0.1) is 11.4 Å². The molecule has 2 atom stereocenters. The Kier molecular flexibility index (Phi) is 4.01. The van der Waals surface area contributed by atoms with Crippen LogP contribution in [0, 0.1) is 0 Å². The maximum Gasteiger partial charge on any atom is 0.123 e. The Morgan fingerprint density at radius 3 is 3.00 bits per heavy atom. The third kappa shape index (κ3) is 2.58. The number of hydrogen-bond donors (Lipinski definition) is 1. The molecule has 0 amide bonds. The normalized spacial score (nSPS) is 18.9. The summed E-state index contributed by atoms with van der Waals surface area (Å²) in [6.45, 7) is 2.18. The number of hydrogen-bond acceptors (Lipinski definition) is 3. The highest BCUT2D eigenvalue weighted by Crippen LogP contribution is 2.40. The Morgan fingerprint density at radius 2 is 2.20 bits per heavy atom. The molecule has 2 nitrogen and oxygen atoms in total. The minimum absolute atomic E-state index is 0.251. The highest BCUT2D eigenvalue weighted by molar-refractivity contribution is 7.16. The monoisotopic (exact) mass is 307 g/mol. The first-order chi connectivity index (χ1) is 9.69. The minimum Gasteiger partial charge on any atom is -0.496 e. The summed E-state index contributed by atoms with van der Waals surface area (Å²) in [5.41, 5.74) is 2.58. The van der Waals surface area contributed by atoms with Crippen LogP contribution < -0.4 is 10.1 Å². The topological polar surface area (TPSA) is 21.3 Å². The van der Waals surface area contributed by atoms with Crippen molar-refractivity contribution < 1.29 is 4.74 Å². The molecule has 1 unspecified atom stereocenters. The van der Waals surface area contributed by atoms with Crippen molar-refractivity contribution in [2.45, 2.75) is 31.8 Å². The molecule has 2 aromatic rings. The van der Waals surface area contributed by atoms with E-state index >= 15 is 0 Å². The zero-order chi connectivity index (χ0) is 14.1. The van der Waals surface area contributed by atoms with Gasteiger partial charge in [0, 0.05) is 22.5 Å². The lowest BCUT2D eigenvalue weighted by atomic mass is 10.0. The molecule has 20 heavy (non-hydrogen) atoms. The van der Waals surface area contributed by atoms with Gasteiger partial charge in [-0.3, -0.25) is 0 Å². The molecule has 1 heterocycles. The van der Waals surface area contributed by atoms with E-state index < -0.39 is 0 Å². The quantitative estimate of drug-likeness (QED) is 0.880. The van der Waals surface area contributed by atoms with Gasteiger partial charge in [-0.1, -0.05) is 29.8 Å². The first-order valence-corrected chi connectivity index (χ1v) is 8.05. The van der Waals surface area contributed by atoms with E-state index in [9.17, 15) is 0 Å². The number of methoxy groups -OCH3 is 1. The third-order valence-electron chi connectivity index (χ3n) is 3.90. The van der Waals surface area contributed by atoms with Crippen LogP contribution in [0.15, 0.2) is 30.3 Å². The van der Waals surface area contributed by atoms with Gasteiger partial charge >= 0.3 is 0 Å². The van der Waals surface area contributed by atoms with E-state index in [1.165, 1.54) is 16.0 Å². The number of halogens is 1. The smallest absolute Gasteiger partial charge is 0.123 e. The van der Waals surface area contributed by atoms with Gasteiger partial charge < -0.3 is 10.1 Å². The van der Waals surface area contributed by atoms with Gasteiger partial charge in [0.1, 0.15) is 5.75 Å². The van der Waals surface area contributed by atoms with Crippen LogP contribution in [0.25, 0.3) is 0 Å². The molecule has 0 bridgehead atoms. The second-order valence-electron chi connectivity index (χ2n) is 5.15. The Morgan fingerprint density at radius 1 is 1.40 bits per heavy atom. The molecule has 0 saturated heterocycles. The Balaban J connectivity index is 1.78. The molecule has 1 aliphatic carbocycles. The molecule has 1 aliphatic rings. The number of rotatable bonds is 4. The van der Waals surface area contributed by atoms with E-state index in [0.29, 0.717) is 6.04 Å². The summed E-state index contributed by atoms with van der Waals surface area (Å²) in [5, 5.41) is 3.71. The molecule has 0 aliphatic heterocycles. The van der Waals surface area contributed by atoms with Gasteiger partial charge in [-0.2, -0.15) is 0 Å². The molecule has 1 N–H and O–H groups in total. The number of ether oxygens (including phenoxy) is 1. The van der Waals surface area contributed by atoms with Crippen molar-refractivity contribution in [1.29, 1.82) is 0 Å². The van der Waals surface area contributed by atoms with Crippen LogP contribution in [-0.2, 0) is 6.42 Å². The lowest BCUT2D eigenvalue weighted by molar-refractivity contribution is 0.393. The summed E-state index contributed by atoms with van der Waals surface area (Å²) >= 11 is 7.83. The number of para-hydroxylation sites is 1. The standard InChI is InChI=1S/C16H18ClNOS/c1-10(11-5-3-4-6-14(11)19-2)18-13-7-8-15-12(13)9-16(17)20-15/h3-6,9-10,13,18H,7-8H2,1-2H3/t10-,13?/m1/s1. The fourth-order valence-electron chi connectivity index (χ4n) is 2.92. The Bertz CT molecular complexity index is 610. The van der Waals surface area contributed by atoms with Crippen LogP contribution in [0.2, 0.25) is 4.34 Å². The number of nitrogens with one attached hydrogen (secondary N) is 1. The lowest BCUT2D eigenvalue weighted by Crippen LogP contribution is -2.23. The summed E-state index contributed by atoms with van der Waals surface area (Å²) in [4.78, 5) is 1.43. The molecular formula is C16H18ClNOS. The van der Waals surface area contributed by atoms with E-state index in [-0.39, 0.29) is 6.04 Å². The highest BCUT2D eigenvalue weighted by Gasteiger charge is 2.26. The molecular weight excluding hydrogens is 290 g/mol. The predicted octanol–water partition coefficient (Wildman–Crippen LogP) is 4.75. The first kappa shape index (κ1) is 13.9. The van der Waals surface area contributed by atoms with Crippen LogP contribution in [0.4, 0.5) is 0 Å². The van der Waals surface area contributed by atoms with Crippen molar-refractivity contribution in [2.75, 3.05) is 7.11 Å². The maximum absolute atomic E-state index is 6.12. The Hall–Kier alpha value is -1.03. The van der Waals surface area contributed by atoms with E-state index in [1.54, 1.807) is 18.4 Å². The van der Waals surface area contributed by atoms with Crippen molar-refractivity contribution in [3.05, 3.63) is 50.7 Å². The summed E-state index contributed by atoms with van der Waals surface area (Å²) < 4.78 is 6.34. The molecule has 0 fully saturated rings. The third-order valence-corrected chi connectivity index (χ3v) is 5.24. The largest absolute Gasteiger partial charge is 0.496 e. The molecule has 1 aromatic heterocycles. The van der Waals surface area contributed by atoms with Gasteiger partial charge in [-0.05, 0) is 37.5 Å². The van der Waals surface area contributed by atoms with E-state index in [4.69, 9.17) is 16.3 Å². The minimum atomic E-state index is 0.251. The van der Waals surface area contributed by atoms with Crippen LogP contribution in [-0.4, -0.2) is 7.11 Å². The average Bonchev–Trinajstić information content (AvgIpc) is 2.99. The second kappa shape index (κ2) is 5.76. The average molecular weight is 308 g/mol. The van der Waals surface area contributed by atoms with Crippen molar-refractivity contribution in [1.82, 2.24) is 5.32 Å². The summed E-state index contributed by atoms with van der Waals surface area (Å²) in [5.74, 6) is 0.939. The SMILES string of the molecule is COc1ccccc1[C@@H](C)NC1CCc2sc(Cl)cc21. The van der Waals surface area contributed by atoms with Gasteiger partial charge in [0.2, 0.25) is 0 Å². The molecule has 0 spiro atoms. The van der Waals surface area contributed by atoms with Crippen molar-refractivity contribution in [3.63, 3.8) is 0 Å². The van der Waals surface area contributed by atoms with Crippen LogP contribution in [0.3, 0.4) is 0 Å². The molecule has 4 heteroatoms. The van der Waals surface area contributed by atoms with Crippen LogP contribution in [0.5, 0.6) is 5.75 Å². The Labute approximate surface area is 128 Å². The molecule has 0 saturated carbocycles. The molecule has 1 aromatic carbocycles. The van der Waals surface area contributed by atoms with E-state index in [2.05, 4.69) is 30.4 Å². The predicted molar refractivity (Wildman–Crippen MR) is 84.9 cm³/mol. The summed E-state index contributed by atoms with van der Waals surface area (Å²) in [7, 11) is 1.72. The fraction of sp³-hybridized carbons (Fsp3) is 0.375. The van der Waals surface area contributed by atoms with Gasteiger partial charge in [-0.25, -0.2) is 0 Å². The number of aryl methyl sites for hydroxylation is 1. The summed E-state index contributed by atoms with van der Waals surface area (Å²) in [6.07, 6.45) is 2.28. The fourth-order valence-corrected chi connectivity index (χ4v) is 4.28. The highest BCUT2D eigenvalue weighted by atomic mass is 35.5.